The van der Waals surface area contributed by atoms with E-state index in [4.69, 9.17) is 5.11 Å². The number of likely N-dealkylation sites (N-methyl/N-ethyl adjacent to an activating group) is 2. The summed E-state index contributed by atoms with van der Waals surface area (Å²) < 4.78 is 0. The number of carboxylic acids is 1. The Labute approximate surface area is 102 Å². The fourth-order valence-electron chi connectivity index (χ4n) is 2.66. The molecule has 0 aromatic carbocycles. The summed E-state index contributed by atoms with van der Waals surface area (Å²) >= 11 is 0. The van der Waals surface area contributed by atoms with Crippen LogP contribution in [0.3, 0.4) is 0 Å². The number of hydrogen-bond acceptors (Lipinski definition) is 3. The Bertz CT molecular complexity index is 315. The molecule has 5 heteroatoms. The molecule has 1 rings (SSSR count). The van der Waals surface area contributed by atoms with E-state index in [-0.39, 0.29) is 23.9 Å². The van der Waals surface area contributed by atoms with Gasteiger partial charge < -0.3 is 10.0 Å². The Morgan fingerprint density at radius 1 is 1.53 bits per heavy atom. The first-order valence-electron chi connectivity index (χ1n) is 6.03. The van der Waals surface area contributed by atoms with Gasteiger partial charge in [-0.2, -0.15) is 0 Å². The van der Waals surface area contributed by atoms with E-state index in [9.17, 15) is 9.59 Å². The molecular formula is C12H22N2O3. The van der Waals surface area contributed by atoms with Gasteiger partial charge in [0, 0.05) is 25.0 Å². The molecule has 1 aliphatic rings. The van der Waals surface area contributed by atoms with E-state index in [2.05, 4.69) is 0 Å². The second kappa shape index (κ2) is 5.04. The maximum absolute atomic E-state index is 12.3. The van der Waals surface area contributed by atoms with Crippen molar-refractivity contribution in [1.29, 1.82) is 0 Å². The van der Waals surface area contributed by atoms with E-state index in [1.807, 2.05) is 37.6 Å². The van der Waals surface area contributed by atoms with Crippen molar-refractivity contribution >= 4 is 11.9 Å². The van der Waals surface area contributed by atoms with Crippen LogP contribution in [0, 0.1) is 0 Å². The molecule has 1 aliphatic heterocycles. The molecule has 0 spiro atoms. The highest BCUT2D eigenvalue weighted by Gasteiger charge is 2.42. The van der Waals surface area contributed by atoms with E-state index in [1.54, 1.807) is 0 Å². The zero-order chi connectivity index (χ0) is 13.2. The lowest BCUT2D eigenvalue weighted by atomic mass is 9.93. The molecule has 98 valence electrons. The van der Waals surface area contributed by atoms with Crippen molar-refractivity contribution in [3.8, 4) is 0 Å². The zero-order valence-corrected chi connectivity index (χ0v) is 11.1. The minimum Gasteiger partial charge on any atom is -0.481 e. The molecule has 0 aromatic rings. The van der Waals surface area contributed by atoms with Gasteiger partial charge in [0.15, 0.2) is 0 Å². The number of carbonyl (C=O) groups excluding carboxylic acids is 1. The monoisotopic (exact) mass is 242 g/mol. The maximum atomic E-state index is 12.3. The van der Waals surface area contributed by atoms with E-state index in [0.717, 1.165) is 6.54 Å². The molecule has 0 bridgehead atoms. The maximum Gasteiger partial charge on any atom is 0.303 e. The average Bonchev–Trinajstić information content (AvgIpc) is 2.15. The van der Waals surface area contributed by atoms with E-state index in [0.29, 0.717) is 13.0 Å². The molecule has 0 saturated carbocycles. The summed E-state index contributed by atoms with van der Waals surface area (Å²) in [5, 5.41) is 8.70. The number of carbonyl (C=O) groups is 2. The first-order valence-corrected chi connectivity index (χ1v) is 6.03. The highest BCUT2D eigenvalue weighted by molar-refractivity contribution is 5.84. The van der Waals surface area contributed by atoms with Gasteiger partial charge in [-0.3, -0.25) is 14.5 Å². The van der Waals surface area contributed by atoms with Gasteiger partial charge in [-0.25, -0.2) is 0 Å². The van der Waals surface area contributed by atoms with Crippen LogP contribution in [0.2, 0.25) is 0 Å². The van der Waals surface area contributed by atoms with Crippen molar-refractivity contribution in [3.05, 3.63) is 0 Å². The van der Waals surface area contributed by atoms with Crippen molar-refractivity contribution in [2.45, 2.75) is 45.2 Å². The van der Waals surface area contributed by atoms with E-state index < -0.39 is 5.97 Å². The smallest absolute Gasteiger partial charge is 0.303 e. The predicted octanol–water partition coefficient (Wildman–Crippen LogP) is 0.792. The first-order chi connectivity index (χ1) is 7.79. The van der Waals surface area contributed by atoms with Gasteiger partial charge >= 0.3 is 5.97 Å². The zero-order valence-electron chi connectivity index (χ0n) is 11.1. The summed E-state index contributed by atoms with van der Waals surface area (Å²) in [5.41, 5.74) is -0.180. The summed E-state index contributed by atoms with van der Waals surface area (Å²) in [6.45, 7) is 7.48. The summed E-state index contributed by atoms with van der Waals surface area (Å²) in [4.78, 5) is 26.7. The van der Waals surface area contributed by atoms with Gasteiger partial charge in [-0.05, 0) is 34.2 Å². The van der Waals surface area contributed by atoms with Crippen molar-refractivity contribution in [2.24, 2.45) is 0 Å². The summed E-state index contributed by atoms with van der Waals surface area (Å²) in [6, 6.07) is -0.293. The molecule has 1 unspecified atom stereocenters. The fraction of sp³-hybridized carbons (Fsp3) is 0.833. The van der Waals surface area contributed by atoms with Crippen molar-refractivity contribution in [1.82, 2.24) is 9.80 Å². The number of piperazine rings is 1. The predicted molar refractivity (Wildman–Crippen MR) is 64.8 cm³/mol. The lowest BCUT2D eigenvalue weighted by molar-refractivity contribution is -0.151. The normalized spacial score (nSPS) is 25.1. The lowest BCUT2D eigenvalue weighted by Crippen LogP contribution is -2.65. The molecule has 1 atom stereocenters. The third kappa shape index (κ3) is 2.97. The molecule has 1 fully saturated rings. The molecule has 0 aromatic heterocycles. The Kier molecular flexibility index (Phi) is 4.14. The number of carboxylic acid groups (broad SMARTS) is 1. The van der Waals surface area contributed by atoms with Crippen LogP contribution < -0.4 is 0 Å². The number of aliphatic carboxylic acids is 1. The highest BCUT2D eigenvalue weighted by Crippen LogP contribution is 2.26. The molecule has 1 heterocycles. The van der Waals surface area contributed by atoms with Crippen LogP contribution in [-0.4, -0.2) is 58.5 Å². The van der Waals surface area contributed by atoms with Gasteiger partial charge in [0.05, 0.1) is 6.04 Å². The molecular weight excluding hydrogens is 220 g/mol. The van der Waals surface area contributed by atoms with Crippen molar-refractivity contribution < 1.29 is 14.7 Å². The van der Waals surface area contributed by atoms with Gasteiger partial charge in [0.2, 0.25) is 5.91 Å². The van der Waals surface area contributed by atoms with Crippen LogP contribution in [0.1, 0.15) is 33.6 Å². The average molecular weight is 242 g/mol. The third-order valence-electron chi connectivity index (χ3n) is 3.40. The number of hydrogen-bond donors (Lipinski definition) is 1. The molecule has 0 radical (unpaired) electrons. The highest BCUT2D eigenvalue weighted by atomic mass is 16.4. The standard InChI is InChI=1S/C12H22N2O3/c1-5-14-11(17)9(6-7-10(15)16)13(4)8-12(14,2)3/h9H,5-8H2,1-4H3,(H,15,16). The van der Waals surface area contributed by atoms with E-state index >= 15 is 0 Å². The number of rotatable bonds is 4. The molecule has 1 saturated heterocycles. The summed E-state index contributed by atoms with van der Waals surface area (Å²) in [6.07, 6.45) is 0.427. The molecule has 5 nitrogen and oxygen atoms in total. The summed E-state index contributed by atoms with van der Waals surface area (Å²) in [7, 11) is 1.89. The van der Waals surface area contributed by atoms with E-state index in [1.165, 1.54) is 0 Å². The fourth-order valence-corrected chi connectivity index (χ4v) is 2.66. The second-order valence-corrected chi connectivity index (χ2v) is 5.26. The Balaban J connectivity index is 2.79. The first kappa shape index (κ1) is 14.0. The second-order valence-electron chi connectivity index (χ2n) is 5.26. The van der Waals surface area contributed by atoms with Crippen LogP contribution >= 0.6 is 0 Å². The minimum absolute atomic E-state index is 0.0404. The third-order valence-corrected chi connectivity index (χ3v) is 3.40. The van der Waals surface area contributed by atoms with Gasteiger partial charge in [0.25, 0.3) is 0 Å². The van der Waals surface area contributed by atoms with Crippen LogP contribution in [0.5, 0.6) is 0 Å². The molecule has 1 N–H and O–H groups in total. The Morgan fingerprint density at radius 2 is 2.12 bits per heavy atom. The van der Waals surface area contributed by atoms with Crippen LogP contribution in [-0.2, 0) is 9.59 Å². The lowest BCUT2D eigenvalue weighted by Gasteiger charge is -2.49. The van der Waals surface area contributed by atoms with Crippen LogP contribution in [0.4, 0.5) is 0 Å². The van der Waals surface area contributed by atoms with Crippen LogP contribution in [0.15, 0.2) is 0 Å². The quantitative estimate of drug-likeness (QED) is 0.792. The molecule has 1 amide bonds. The SMILES string of the molecule is CCN1C(=O)C(CCC(=O)O)N(C)CC1(C)C. The topological polar surface area (TPSA) is 60.9 Å². The van der Waals surface area contributed by atoms with Gasteiger partial charge in [-0.15, -0.1) is 0 Å². The van der Waals surface area contributed by atoms with Crippen molar-refractivity contribution in [3.63, 3.8) is 0 Å². The largest absolute Gasteiger partial charge is 0.481 e. The summed E-state index contributed by atoms with van der Waals surface area (Å²) in [5.74, 6) is -0.799. The van der Waals surface area contributed by atoms with Crippen LogP contribution in [0.25, 0.3) is 0 Å². The number of amides is 1. The van der Waals surface area contributed by atoms with Gasteiger partial charge in [0.1, 0.15) is 0 Å². The molecule has 17 heavy (non-hydrogen) atoms. The minimum atomic E-state index is -0.848. The Morgan fingerprint density at radius 3 is 2.59 bits per heavy atom. The van der Waals surface area contributed by atoms with Crippen molar-refractivity contribution in [2.75, 3.05) is 20.1 Å². The van der Waals surface area contributed by atoms with Gasteiger partial charge in [-0.1, -0.05) is 0 Å². The number of nitrogens with zero attached hydrogens (tertiary/aromatic N) is 2. The molecule has 0 aliphatic carbocycles. The Hall–Kier alpha value is -1.10.